The number of nitrogens with zero attached hydrogens (tertiary/aromatic N) is 3. The smallest absolute Gasteiger partial charge is 0.145 e. The van der Waals surface area contributed by atoms with E-state index >= 15 is 0 Å². The molecule has 0 spiro atoms. The molecule has 1 aliphatic heterocycles. The number of anilines is 2. The summed E-state index contributed by atoms with van der Waals surface area (Å²) in [6.45, 7) is 0. The number of rotatable bonds is 3. The molecule has 0 saturated carbocycles. The minimum atomic E-state index is 0.953. The summed E-state index contributed by atoms with van der Waals surface area (Å²) in [7, 11) is 2.21. The van der Waals surface area contributed by atoms with Crippen LogP contribution in [0.25, 0.3) is 104 Å². The van der Waals surface area contributed by atoms with Crippen LogP contribution in [-0.2, 0) is 0 Å². The van der Waals surface area contributed by atoms with Gasteiger partial charge in [0.15, 0.2) is 0 Å². The maximum absolute atomic E-state index is 5.32. The second-order valence-corrected chi connectivity index (χ2v) is 14.8. The van der Waals surface area contributed by atoms with E-state index in [1.165, 1.54) is 81.8 Å². The zero-order valence-electron chi connectivity index (χ0n) is 30.2. The molecule has 0 radical (unpaired) electrons. The van der Waals surface area contributed by atoms with E-state index < -0.39 is 0 Å². The molecule has 1 aliphatic rings. The van der Waals surface area contributed by atoms with Crippen LogP contribution < -0.4 is 4.90 Å². The van der Waals surface area contributed by atoms with Gasteiger partial charge < -0.3 is 4.90 Å². The molecule has 0 bridgehead atoms. The molecular weight excluding hydrogens is 667 g/mol. The number of hydrogen-bond acceptors (Lipinski definition) is 2. The Kier molecular flexibility index (Phi) is 6.26. The summed E-state index contributed by atoms with van der Waals surface area (Å²) in [5, 5.41) is 12.5. The average Bonchev–Trinajstić information content (AvgIpc) is 3.64. The van der Waals surface area contributed by atoms with Crippen LogP contribution in [0.4, 0.5) is 11.4 Å². The van der Waals surface area contributed by atoms with E-state index in [1.54, 1.807) is 0 Å². The lowest BCUT2D eigenvalue weighted by Crippen LogP contribution is -2.19. The Bertz CT molecular complexity index is 3350. The van der Waals surface area contributed by atoms with Crippen molar-refractivity contribution in [3.63, 3.8) is 0 Å². The molecule has 0 N–H and O–H groups in total. The SMILES string of the molecule is CN1c2c(-c3c4ccccc4c(-c4ccc5c(ccc6ccccc65)c4)c4ccccc34)cccc2-n2c(-c3ccc4ccccc4c3)nc3cccc1c32. The topological polar surface area (TPSA) is 21.1 Å². The summed E-state index contributed by atoms with van der Waals surface area (Å²) < 4.78 is 2.39. The summed E-state index contributed by atoms with van der Waals surface area (Å²) in [4.78, 5) is 7.70. The van der Waals surface area contributed by atoms with Gasteiger partial charge in [0, 0.05) is 18.2 Å². The van der Waals surface area contributed by atoms with Crippen LogP contribution in [0.5, 0.6) is 0 Å². The molecule has 12 rings (SSSR count). The molecule has 55 heavy (non-hydrogen) atoms. The fraction of sp³-hybridized carbons (Fsp3) is 0.0192. The third kappa shape index (κ3) is 4.29. The van der Waals surface area contributed by atoms with Gasteiger partial charge in [-0.1, -0.05) is 152 Å². The van der Waals surface area contributed by atoms with Gasteiger partial charge in [-0.2, -0.15) is 0 Å². The molecule has 2 heterocycles. The summed E-state index contributed by atoms with van der Waals surface area (Å²) in [6, 6.07) is 66.7. The zero-order chi connectivity index (χ0) is 36.2. The normalized spacial score (nSPS) is 12.4. The van der Waals surface area contributed by atoms with Crippen molar-refractivity contribution in [2.75, 3.05) is 11.9 Å². The minimum Gasteiger partial charge on any atom is -0.341 e. The lowest BCUT2D eigenvalue weighted by atomic mass is 9.84. The third-order valence-corrected chi connectivity index (χ3v) is 11.8. The van der Waals surface area contributed by atoms with E-state index in [9.17, 15) is 0 Å². The van der Waals surface area contributed by atoms with Gasteiger partial charge in [-0.15, -0.1) is 0 Å². The molecule has 11 aromatic rings. The molecular formula is C52H33N3. The molecule has 10 aromatic carbocycles. The van der Waals surface area contributed by atoms with Crippen LogP contribution in [0.1, 0.15) is 0 Å². The van der Waals surface area contributed by atoms with Crippen molar-refractivity contribution in [1.29, 1.82) is 0 Å². The summed E-state index contributed by atoms with van der Waals surface area (Å²) in [5.41, 5.74) is 11.6. The Balaban J connectivity index is 1.13. The lowest BCUT2D eigenvalue weighted by molar-refractivity contribution is 1.05. The molecule has 0 fully saturated rings. The first kappa shape index (κ1) is 30.3. The maximum atomic E-state index is 5.32. The molecule has 0 unspecified atom stereocenters. The van der Waals surface area contributed by atoms with E-state index in [4.69, 9.17) is 4.98 Å². The Morgan fingerprint density at radius 1 is 0.400 bits per heavy atom. The number of para-hydroxylation sites is 2. The number of imidazole rings is 1. The van der Waals surface area contributed by atoms with Crippen LogP contribution in [-0.4, -0.2) is 16.6 Å². The van der Waals surface area contributed by atoms with Crippen molar-refractivity contribution in [1.82, 2.24) is 9.55 Å². The van der Waals surface area contributed by atoms with E-state index in [2.05, 4.69) is 199 Å². The third-order valence-electron chi connectivity index (χ3n) is 11.8. The van der Waals surface area contributed by atoms with Gasteiger partial charge in [-0.05, 0) is 101 Å². The molecule has 0 aliphatic carbocycles. The van der Waals surface area contributed by atoms with Gasteiger partial charge in [0.2, 0.25) is 0 Å². The minimum absolute atomic E-state index is 0.953. The first-order valence-electron chi connectivity index (χ1n) is 18.9. The number of aromatic nitrogens is 2. The summed E-state index contributed by atoms with van der Waals surface area (Å²) in [5.74, 6) is 0.953. The van der Waals surface area contributed by atoms with E-state index in [-0.39, 0.29) is 0 Å². The fourth-order valence-corrected chi connectivity index (χ4v) is 9.42. The van der Waals surface area contributed by atoms with Crippen molar-refractivity contribution < 1.29 is 0 Å². The molecule has 0 atom stereocenters. The van der Waals surface area contributed by atoms with Crippen LogP contribution in [0, 0.1) is 0 Å². The zero-order valence-corrected chi connectivity index (χ0v) is 30.2. The number of benzene rings is 10. The first-order chi connectivity index (χ1) is 27.2. The first-order valence-corrected chi connectivity index (χ1v) is 18.9. The van der Waals surface area contributed by atoms with Gasteiger partial charge in [0.25, 0.3) is 0 Å². The second kappa shape index (κ2) is 11.4. The second-order valence-electron chi connectivity index (χ2n) is 14.8. The van der Waals surface area contributed by atoms with Gasteiger partial charge >= 0.3 is 0 Å². The Morgan fingerprint density at radius 2 is 0.964 bits per heavy atom. The van der Waals surface area contributed by atoms with Crippen LogP contribution >= 0.6 is 0 Å². The van der Waals surface area contributed by atoms with Gasteiger partial charge in [0.1, 0.15) is 5.82 Å². The Hall–Kier alpha value is -7.23. The Labute approximate surface area is 318 Å². The molecule has 0 saturated heterocycles. The number of fused-ring (bicyclic) bond motifs is 8. The quantitative estimate of drug-likeness (QED) is 0.135. The highest BCUT2D eigenvalue weighted by Crippen LogP contribution is 2.52. The highest BCUT2D eigenvalue weighted by Gasteiger charge is 2.30. The van der Waals surface area contributed by atoms with Crippen molar-refractivity contribution in [2.24, 2.45) is 0 Å². The molecule has 256 valence electrons. The van der Waals surface area contributed by atoms with Crippen molar-refractivity contribution >= 4 is 76.3 Å². The lowest BCUT2D eigenvalue weighted by Gasteiger charge is -2.32. The monoisotopic (exact) mass is 699 g/mol. The molecule has 0 amide bonds. The number of hydrogen-bond donors (Lipinski definition) is 0. The summed E-state index contributed by atoms with van der Waals surface area (Å²) in [6.07, 6.45) is 0. The van der Waals surface area contributed by atoms with E-state index in [0.717, 1.165) is 33.8 Å². The maximum Gasteiger partial charge on any atom is 0.145 e. The standard InChI is InChI=1S/C52H33N3/c1-54-46-22-11-21-45-51(46)55(52(53-45)37-27-24-32-12-2-3-14-34(32)30-37)47-23-10-20-44(50(47)54)49-42-18-8-6-16-40(42)48(41-17-7-9-19-43(41)49)36-28-29-39-35(31-36)26-25-33-13-4-5-15-38(33)39/h2-31H,1H3. The van der Waals surface area contributed by atoms with Crippen molar-refractivity contribution in [3.05, 3.63) is 182 Å². The molecule has 3 heteroatoms. The summed E-state index contributed by atoms with van der Waals surface area (Å²) >= 11 is 0. The Morgan fingerprint density at radius 3 is 1.75 bits per heavy atom. The largest absolute Gasteiger partial charge is 0.341 e. The van der Waals surface area contributed by atoms with E-state index in [1.807, 2.05) is 0 Å². The molecule has 3 nitrogen and oxygen atoms in total. The fourth-order valence-electron chi connectivity index (χ4n) is 9.42. The predicted octanol–water partition coefficient (Wildman–Crippen LogP) is 13.9. The van der Waals surface area contributed by atoms with Gasteiger partial charge in [-0.25, -0.2) is 4.98 Å². The van der Waals surface area contributed by atoms with Crippen molar-refractivity contribution in [2.45, 2.75) is 0 Å². The highest BCUT2D eigenvalue weighted by molar-refractivity contribution is 6.23. The van der Waals surface area contributed by atoms with E-state index in [0.29, 0.717) is 0 Å². The predicted molar refractivity (Wildman–Crippen MR) is 233 cm³/mol. The molecule has 1 aromatic heterocycles. The van der Waals surface area contributed by atoms with Gasteiger partial charge in [-0.3, -0.25) is 4.57 Å². The van der Waals surface area contributed by atoms with Crippen LogP contribution in [0.15, 0.2) is 182 Å². The highest BCUT2D eigenvalue weighted by atomic mass is 15.2. The van der Waals surface area contributed by atoms with Crippen molar-refractivity contribution in [3.8, 4) is 39.3 Å². The average molecular weight is 700 g/mol. The van der Waals surface area contributed by atoms with Crippen LogP contribution in [0.3, 0.4) is 0 Å². The van der Waals surface area contributed by atoms with Gasteiger partial charge in [0.05, 0.1) is 28.1 Å². The van der Waals surface area contributed by atoms with Crippen LogP contribution in [0.2, 0.25) is 0 Å².